The predicted molar refractivity (Wildman–Crippen MR) is 96.6 cm³/mol. The summed E-state index contributed by atoms with van der Waals surface area (Å²) in [6.07, 6.45) is 0. The zero-order chi connectivity index (χ0) is 17.6. The van der Waals surface area contributed by atoms with E-state index in [2.05, 4.69) is 0 Å². The fraction of sp³-hybridized carbons (Fsp3) is 0.0952. The average molecular weight is 333 g/mol. The van der Waals surface area contributed by atoms with Crippen LogP contribution in [0.3, 0.4) is 0 Å². The van der Waals surface area contributed by atoms with Crippen molar-refractivity contribution in [2.45, 2.75) is 5.92 Å². The lowest BCUT2D eigenvalue weighted by Crippen LogP contribution is -2.27. The quantitative estimate of drug-likeness (QED) is 0.548. The van der Waals surface area contributed by atoms with Crippen LogP contribution in [-0.4, -0.2) is 18.2 Å². The molecule has 0 fully saturated rings. The van der Waals surface area contributed by atoms with Gasteiger partial charge < -0.3 is 4.74 Å². The number of hydrogen-bond donors (Lipinski definition) is 2. The highest BCUT2D eigenvalue weighted by molar-refractivity contribution is 5.86. The van der Waals surface area contributed by atoms with Gasteiger partial charge in [0.05, 0.1) is 13.0 Å². The highest BCUT2D eigenvalue weighted by atomic mass is 16.5. The van der Waals surface area contributed by atoms with Crippen molar-refractivity contribution in [1.82, 2.24) is 5.48 Å². The maximum absolute atomic E-state index is 12.2. The third kappa shape index (κ3) is 3.70. The number of hydrogen-bond acceptors (Lipinski definition) is 3. The van der Waals surface area contributed by atoms with Crippen molar-refractivity contribution in [3.8, 4) is 16.9 Å². The lowest BCUT2D eigenvalue weighted by atomic mass is 9.89. The molecule has 1 unspecified atom stereocenters. The molecule has 0 saturated carbocycles. The van der Waals surface area contributed by atoms with Crippen LogP contribution in [0.5, 0.6) is 5.75 Å². The molecule has 0 aliphatic carbocycles. The van der Waals surface area contributed by atoms with Crippen molar-refractivity contribution in [3.05, 3.63) is 90.0 Å². The van der Waals surface area contributed by atoms with Crippen LogP contribution >= 0.6 is 0 Å². The van der Waals surface area contributed by atoms with E-state index in [9.17, 15) is 4.79 Å². The fourth-order valence-electron chi connectivity index (χ4n) is 2.86. The number of carbonyl (C=O) groups is 1. The molecular formula is C21H19NO3. The van der Waals surface area contributed by atoms with Crippen molar-refractivity contribution in [1.29, 1.82) is 0 Å². The zero-order valence-corrected chi connectivity index (χ0v) is 13.8. The topological polar surface area (TPSA) is 58.6 Å². The molecule has 1 atom stereocenters. The van der Waals surface area contributed by atoms with Crippen LogP contribution in [-0.2, 0) is 4.79 Å². The van der Waals surface area contributed by atoms with Gasteiger partial charge in [0.15, 0.2) is 0 Å². The number of carbonyl (C=O) groups excluding carboxylic acids is 1. The number of amides is 1. The van der Waals surface area contributed by atoms with Crippen molar-refractivity contribution in [2.24, 2.45) is 0 Å². The van der Waals surface area contributed by atoms with Crippen LogP contribution in [0, 0.1) is 0 Å². The number of benzene rings is 3. The highest BCUT2D eigenvalue weighted by Gasteiger charge is 2.22. The second-order valence-corrected chi connectivity index (χ2v) is 5.67. The minimum absolute atomic E-state index is 0.455. The van der Waals surface area contributed by atoms with Crippen molar-refractivity contribution in [3.63, 3.8) is 0 Å². The van der Waals surface area contributed by atoms with Gasteiger partial charge in [-0.25, -0.2) is 5.48 Å². The van der Waals surface area contributed by atoms with Crippen LogP contribution in [0.4, 0.5) is 0 Å². The summed E-state index contributed by atoms with van der Waals surface area (Å²) in [5.74, 6) is -0.205. The number of ether oxygens (including phenoxy) is 1. The molecule has 0 bridgehead atoms. The van der Waals surface area contributed by atoms with Gasteiger partial charge in [-0.05, 0) is 34.4 Å². The van der Waals surface area contributed by atoms with E-state index in [1.54, 1.807) is 12.6 Å². The Bertz CT molecular complexity index is 827. The minimum atomic E-state index is -0.559. The Morgan fingerprint density at radius 1 is 0.840 bits per heavy atom. The zero-order valence-electron chi connectivity index (χ0n) is 13.8. The second kappa shape index (κ2) is 7.64. The lowest BCUT2D eigenvalue weighted by molar-refractivity contribution is -0.129. The molecule has 3 rings (SSSR count). The molecule has 4 heteroatoms. The summed E-state index contributed by atoms with van der Waals surface area (Å²) in [5, 5.41) is 9.10. The average Bonchev–Trinajstić information content (AvgIpc) is 2.69. The molecule has 0 radical (unpaired) electrons. The van der Waals surface area contributed by atoms with Crippen LogP contribution in [0.2, 0.25) is 0 Å². The molecule has 126 valence electrons. The molecule has 3 aromatic carbocycles. The van der Waals surface area contributed by atoms with Gasteiger partial charge in [-0.15, -0.1) is 0 Å². The van der Waals surface area contributed by atoms with Gasteiger partial charge in [0.2, 0.25) is 0 Å². The largest absolute Gasteiger partial charge is 0.497 e. The molecule has 0 aromatic heterocycles. The molecular weight excluding hydrogens is 314 g/mol. The van der Waals surface area contributed by atoms with Gasteiger partial charge in [-0.3, -0.25) is 10.0 Å². The summed E-state index contributed by atoms with van der Waals surface area (Å²) < 4.78 is 5.18. The van der Waals surface area contributed by atoms with Gasteiger partial charge in [-0.2, -0.15) is 0 Å². The summed E-state index contributed by atoms with van der Waals surface area (Å²) in [6, 6.07) is 24.9. The third-order valence-electron chi connectivity index (χ3n) is 4.17. The van der Waals surface area contributed by atoms with Gasteiger partial charge >= 0.3 is 0 Å². The normalized spacial score (nSPS) is 11.6. The lowest BCUT2D eigenvalue weighted by Gasteiger charge is -2.16. The Morgan fingerprint density at radius 2 is 1.36 bits per heavy atom. The number of methoxy groups -OCH3 is 1. The molecule has 2 N–H and O–H groups in total. The molecule has 0 spiro atoms. The maximum atomic E-state index is 12.2. The first-order chi connectivity index (χ1) is 12.2. The van der Waals surface area contributed by atoms with Gasteiger partial charge in [0.25, 0.3) is 5.91 Å². The molecule has 0 aliphatic heterocycles. The van der Waals surface area contributed by atoms with E-state index in [1.807, 2.05) is 78.9 Å². The molecule has 0 saturated heterocycles. The van der Waals surface area contributed by atoms with E-state index < -0.39 is 11.8 Å². The predicted octanol–water partition coefficient (Wildman–Crippen LogP) is 4.00. The molecule has 4 nitrogen and oxygen atoms in total. The smallest absolute Gasteiger partial charge is 0.255 e. The Morgan fingerprint density at radius 3 is 1.88 bits per heavy atom. The Labute approximate surface area is 146 Å². The van der Waals surface area contributed by atoms with Gasteiger partial charge in [0, 0.05) is 0 Å². The SMILES string of the molecule is COc1ccc(-c2ccc(C(C(=O)NO)c3ccccc3)cc2)cc1. The fourth-order valence-corrected chi connectivity index (χ4v) is 2.86. The number of rotatable bonds is 5. The summed E-state index contributed by atoms with van der Waals surface area (Å²) in [6.45, 7) is 0. The van der Waals surface area contributed by atoms with E-state index in [1.165, 1.54) is 0 Å². The van der Waals surface area contributed by atoms with Crippen LogP contribution in [0.25, 0.3) is 11.1 Å². The second-order valence-electron chi connectivity index (χ2n) is 5.67. The monoisotopic (exact) mass is 333 g/mol. The summed E-state index contributed by atoms with van der Waals surface area (Å²) in [5.41, 5.74) is 5.52. The summed E-state index contributed by atoms with van der Waals surface area (Å²) >= 11 is 0. The number of nitrogens with one attached hydrogen (secondary N) is 1. The molecule has 3 aromatic rings. The van der Waals surface area contributed by atoms with Crippen LogP contribution < -0.4 is 10.2 Å². The molecule has 0 heterocycles. The van der Waals surface area contributed by atoms with Gasteiger partial charge in [0.1, 0.15) is 5.75 Å². The van der Waals surface area contributed by atoms with Crippen molar-refractivity contribution >= 4 is 5.91 Å². The van der Waals surface area contributed by atoms with Crippen molar-refractivity contribution in [2.75, 3.05) is 7.11 Å². The van der Waals surface area contributed by atoms with Crippen LogP contribution in [0.1, 0.15) is 17.0 Å². The molecule has 1 amide bonds. The Kier molecular flexibility index (Phi) is 5.11. The van der Waals surface area contributed by atoms with Crippen molar-refractivity contribution < 1.29 is 14.7 Å². The minimum Gasteiger partial charge on any atom is -0.497 e. The highest BCUT2D eigenvalue weighted by Crippen LogP contribution is 2.28. The van der Waals surface area contributed by atoms with E-state index >= 15 is 0 Å². The van der Waals surface area contributed by atoms with E-state index in [4.69, 9.17) is 9.94 Å². The van der Waals surface area contributed by atoms with Crippen LogP contribution in [0.15, 0.2) is 78.9 Å². The molecule has 25 heavy (non-hydrogen) atoms. The summed E-state index contributed by atoms with van der Waals surface area (Å²) in [4.78, 5) is 12.2. The van der Waals surface area contributed by atoms with E-state index in [0.29, 0.717) is 0 Å². The maximum Gasteiger partial charge on any atom is 0.255 e. The first-order valence-corrected chi connectivity index (χ1v) is 7.96. The Balaban J connectivity index is 1.92. The number of hydroxylamine groups is 1. The van der Waals surface area contributed by atoms with E-state index in [-0.39, 0.29) is 0 Å². The third-order valence-corrected chi connectivity index (χ3v) is 4.17. The standard InChI is InChI=1S/C21H19NO3/c1-25-19-13-11-16(12-14-19)15-7-9-18(10-8-15)20(21(23)22-24)17-5-3-2-4-6-17/h2-14,20,24H,1H3,(H,22,23). The van der Waals surface area contributed by atoms with Gasteiger partial charge in [-0.1, -0.05) is 66.7 Å². The van der Waals surface area contributed by atoms with E-state index in [0.717, 1.165) is 28.0 Å². The Hall–Kier alpha value is -3.11. The first-order valence-electron chi connectivity index (χ1n) is 7.96. The molecule has 0 aliphatic rings. The summed E-state index contributed by atoms with van der Waals surface area (Å²) in [7, 11) is 1.64. The first kappa shape index (κ1) is 16.7.